The van der Waals surface area contributed by atoms with Gasteiger partial charge in [-0.05, 0) is 129 Å². The average molecular weight is 1050 g/mol. The highest BCUT2D eigenvalue weighted by Gasteiger charge is 2.27. The molecule has 2 aliphatic rings. The molecule has 2 atom stereocenters. The zero-order valence-corrected chi connectivity index (χ0v) is 46.4. The number of ether oxygens (including phenoxy) is 2. The van der Waals surface area contributed by atoms with Crippen LogP contribution in [0.25, 0.3) is 44.3 Å². The van der Waals surface area contributed by atoms with E-state index >= 15 is 0 Å². The van der Waals surface area contributed by atoms with Gasteiger partial charge in [-0.15, -0.1) is 0 Å². The van der Waals surface area contributed by atoms with E-state index in [0.717, 1.165) is 135 Å². The Morgan fingerprint density at radius 1 is 0.610 bits per heavy atom. The first-order valence-electron chi connectivity index (χ1n) is 27.4. The minimum absolute atomic E-state index is 0.00815. The first-order chi connectivity index (χ1) is 37.2. The normalized spacial score (nSPS) is 16.3. The molecule has 8 heterocycles. The van der Waals surface area contributed by atoms with Crippen molar-refractivity contribution in [3.8, 4) is 33.8 Å². The zero-order valence-electron chi connectivity index (χ0n) is 46.4. The summed E-state index contributed by atoms with van der Waals surface area (Å²) in [7, 11) is 7.62. The van der Waals surface area contributed by atoms with Gasteiger partial charge in [0.2, 0.25) is 11.9 Å². The molecular formula is C59H80N14O4. The summed E-state index contributed by atoms with van der Waals surface area (Å²) < 4.78 is 10.9. The Morgan fingerprint density at radius 2 is 1.10 bits per heavy atom. The largest absolute Gasteiger partial charge is 0.497 e. The molecule has 410 valence electrons. The van der Waals surface area contributed by atoms with Crippen LogP contribution in [-0.2, 0) is 6.54 Å². The number of methoxy groups -OCH3 is 2. The maximum absolute atomic E-state index is 10.3. The number of aliphatic hydroxyl groups excluding tert-OH is 2. The second kappa shape index (κ2) is 26.0. The number of anilines is 4. The second-order valence-corrected chi connectivity index (χ2v) is 21.5. The van der Waals surface area contributed by atoms with Crippen molar-refractivity contribution in [3.63, 3.8) is 0 Å². The third-order valence-corrected chi connectivity index (χ3v) is 15.2. The Kier molecular flexibility index (Phi) is 19.0. The monoisotopic (exact) mass is 1050 g/mol. The lowest BCUT2D eigenvalue weighted by atomic mass is 9.93. The number of pyridine rings is 4. The number of nitrogen functional groups attached to an aromatic ring is 1. The van der Waals surface area contributed by atoms with Gasteiger partial charge in [0, 0.05) is 88.4 Å². The Balaban J connectivity index is 0.000000212. The molecule has 7 aromatic rings. The number of aliphatic hydroxyl groups is 2. The van der Waals surface area contributed by atoms with Gasteiger partial charge in [-0.1, -0.05) is 51.7 Å². The van der Waals surface area contributed by atoms with Crippen molar-refractivity contribution in [2.24, 2.45) is 0 Å². The van der Waals surface area contributed by atoms with E-state index in [-0.39, 0.29) is 19.2 Å². The van der Waals surface area contributed by atoms with E-state index in [1.165, 1.54) is 0 Å². The van der Waals surface area contributed by atoms with Gasteiger partial charge in [0.25, 0.3) is 0 Å². The highest BCUT2D eigenvalue weighted by molar-refractivity contribution is 5.90. The molecular weight excluding hydrogens is 969 g/mol. The average Bonchev–Trinajstić information content (AvgIpc) is 3.46. The number of hydrogen-bond donors (Lipinski definition) is 6. The predicted molar refractivity (Wildman–Crippen MR) is 309 cm³/mol. The fraction of sp³-hybridized carbons (Fsp3) is 0.492. The van der Waals surface area contributed by atoms with Crippen LogP contribution in [0.1, 0.15) is 121 Å². The number of nitrogens with two attached hydrogens (primary N) is 1. The Morgan fingerprint density at radius 3 is 1.56 bits per heavy atom. The van der Waals surface area contributed by atoms with E-state index < -0.39 is 11.1 Å². The number of aromatic nitrogens is 8. The maximum Gasteiger partial charge on any atom is 0.225 e. The fourth-order valence-electron chi connectivity index (χ4n) is 10.1. The van der Waals surface area contributed by atoms with E-state index in [4.69, 9.17) is 40.1 Å². The van der Waals surface area contributed by atoms with Gasteiger partial charge in [-0.25, -0.2) is 9.97 Å². The number of likely N-dealkylation sites (tertiary alicyclic amines) is 2. The number of benzene rings is 1. The molecule has 0 radical (unpaired) electrons. The van der Waals surface area contributed by atoms with Gasteiger partial charge in [0.05, 0.1) is 49.5 Å². The lowest BCUT2D eigenvalue weighted by molar-refractivity contribution is 0.212. The molecule has 77 heavy (non-hydrogen) atoms. The Bertz CT molecular complexity index is 3020. The van der Waals surface area contributed by atoms with Crippen molar-refractivity contribution in [2.75, 3.05) is 89.4 Å². The van der Waals surface area contributed by atoms with Crippen LogP contribution in [0.4, 0.5) is 23.5 Å². The van der Waals surface area contributed by atoms with E-state index in [2.05, 4.69) is 92.9 Å². The molecule has 2 fully saturated rings. The smallest absolute Gasteiger partial charge is 0.225 e. The summed E-state index contributed by atoms with van der Waals surface area (Å²) in [5.74, 6) is 4.22. The van der Waals surface area contributed by atoms with Gasteiger partial charge in [-0.2, -0.15) is 9.97 Å². The number of piperidine rings is 2. The first-order valence-corrected chi connectivity index (χ1v) is 27.4. The van der Waals surface area contributed by atoms with Crippen molar-refractivity contribution >= 4 is 45.6 Å². The van der Waals surface area contributed by atoms with Crippen molar-refractivity contribution in [1.29, 1.82) is 0 Å². The van der Waals surface area contributed by atoms with Crippen LogP contribution in [0, 0.1) is 0 Å². The van der Waals surface area contributed by atoms with Crippen LogP contribution in [0.3, 0.4) is 0 Å². The SMILES string of the molecule is CCCC[C@](C)(CO)Nc1nc(N)nc2cc(-c3ccc(C4CCN(C)CC4)nc3)cnc12.CCCC[C@](C)(CO)Nc1nc(NCc2ccc(OC)cc2OC)nc2cc(-c3ccc(C4CCN(C)CC4)nc3)cnc12. The second-order valence-electron chi connectivity index (χ2n) is 21.5. The summed E-state index contributed by atoms with van der Waals surface area (Å²) in [5, 5.41) is 30.5. The zero-order chi connectivity index (χ0) is 54.5. The molecule has 0 amide bonds. The van der Waals surface area contributed by atoms with Crippen molar-refractivity contribution in [1.82, 2.24) is 49.7 Å². The molecule has 9 rings (SSSR count). The summed E-state index contributed by atoms with van der Waals surface area (Å²) in [6.07, 6.45) is 17.8. The maximum atomic E-state index is 10.3. The third kappa shape index (κ3) is 14.4. The quantitative estimate of drug-likeness (QED) is 0.0393. The lowest BCUT2D eigenvalue weighted by Gasteiger charge is -2.29. The van der Waals surface area contributed by atoms with Crippen molar-refractivity contribution in [3.05, 3.63) is 96.3 Å². The molecule has 1 aromatic carbocycles. The highest BCUT2D eigenvalue weighted by atomic mass is 16.5. The summed E-state index contributed by atoms with van der Waals surface area (Å²) in [6.45, 7) is 13.1. The first kappa shape index (κ1) is 56.3. The summed E-state index contributed by atoms with van der Waals surface area (Å²) in [6, 6.07) is 18.2. The number of nitrogens with zero attached hydrogens (tertiary/aromatic N) is 10. The highest BCUT2D eigenvalue weighted by Crippen LogP contribution is 2.34. The number of hydrogen-bond acceptors (Lipinski definition) is 18. The van der Waals surface area contributed by atoms with E-state index in [0.29, 0.717) is 63.8 Å². The molecule has 0 bridgehead atoms. The van der Waals surface area contributed by atoms with Crippen LogP contribution in [-0.4, -0.2) is 139 Å². The topological polar surface area (TPSA) is 231 Å². The van der Waals surface area contributed by atoms with Crippen LogP contribution in [0.15, 0.2) is 79.4 Å². The molecule has 18 heteroatoms. The standard InChI is InChI=1S/C34H45N7O3.C25H35N7O/c1-6-7-14-34(2,22-42)40-32-31-29(38-33(39-32)37-20-25-8-10-27(43-4)18-30(25)44-5)17-26(21-36-31)24-9-11-28(35-19-24)23-12-15-41(3)16-13-23;1-4-5-10-25(2,16-33)31-23-22-21(29-24(26)30-23)13-19(15-28-22)18-6-7-20(27-14-18)17-8-11-32(3)12-9-17/h8-11,17-19,21,23,42H,6-7,12-16,20,22H2,1-5H3,(H2,37,38,39,40);6-7,13-15,17,33H,4-5,8-12,16H2,1-3H3,(H3,26,29,30,31)/t34-;25-/m11/s1. The molecule has 6 aromatic heterocycles. The summed E-state index contributed by atoms with van der Waals surface area (Å²) in [4.78, 5) is 42.3. The Hall–Kier alpha value is -6.86. The molecule has 2 saturated heterocycles. The minimum Gasteiger partial charge on any atom is -0.497 e. The third-order valence-electron chi connectivity index (χ3n) is 15.2. The van der Waals surface area contributed by atoms with Gasteiger partial charge >= 0.3 is 0 Å². The van der Waals surface area contributed by atoms with Crippen molar-refractivity contribution < 1.29 is 19.7 Å². The summed E-state index contributed by atoms with van der Waals surface area (Å²) in [5.41, 5.74) is 14.7. The molecule has 7 N–H and O–H groups in total. The Labute approximate surface area is 454 Å². The number of nitrogens with one attached hydrogen (secondary N) is 3. The fourth-order valence-corrected chi connectivity index (χ4v) is 10.1. The molecule has 18 nitrogen and oxygen atoms in total. The van der Waals surface area contributed by atoms with Crippen LogP contribution in [0.2, 0.25) is 0 Å². The minimum atomic E-state index is -0.554. The van der Waals surface area contributed by atoms with Gasteiger partial charge in [0.15, 0.2) is 11.6 Å². The van der Waals surface area contributed by atoms with E-state index in [9.17, 15) is 10.2 Å². The van der Waals surface area contributed by atoms with E-state index in [1.807, 2.05) is 69.0 Å². The number of fused-ring (bicyclic) bond motifs is 2. The van der Waals surface area contributed by atoms with Crippen molar-refractivity contribution in [2.45, 2.75) is 121 Å². The molecule has 0 spiro atoms. The van der Waals surface area contributed by atoms with Gasteiger partial charge in [0.1, 0.15) is 22.5 Å². The van der Waals surface area contributed by atoms with Gasteiger partial charge in [-0.3, -0.25) is 19.9 Å². The molecule has 0 aliphatic carbocycles. The molecule has 0 saturated carbocycles. The van der Waals surface area contributed by atoms with Crippen LogP contribution in [0.5, 0.6) is 11.5 Å². The number of rotatable bonds is 21. The van der Waals surface area contributed by atoms with Crippen LogP contribution < -0.4 is 31.2 Å². The predicted octanol–water partition coefficient (Wildman–Crippen LogP) is 9.71. The van der Waals surface area contributed by atoms with Crippen LogP contribution >= 0.6 is 0 Å². The van der Waals surface area contributed by atoms with E-state index in [1.54, 1.807) is 14.2 Å². The van der Waals surface area contributed by atoms with Gasteiger partial charge < -0.3 is 51.2 Å². The lowest BCUT2D eigenvalue weighted by Crippen LogP contribution is -2.39. The molecule has 2 aliphatic heterocycles. The molecule has 0 unspecified atom stereocenters. The summed E-state index contributed by atoms with van der Waals surface area (Å²) >= 11 is 0. The number of unbranched alkanes of at least 4 members (excludes halogenated alkanes) is 2.